The number of alkyl halides is 6. The number of thioether (sulfide) groups is 1. The third-order valence-corrected chi connectivity index (χ3v) is 6.31. The van der Waals surface area contributed by atoms with Crippen LogP contribution < -0.4 is 4.90 Å². The fraction of sp³-hybridized carbons (Fsp3) is 0.364. The summed E-state index contributed by atoms with van der Waals surface area (Å²) >= 11 is 1.61. The number of halogens is 7. The highest BCUT2D eigenvalue weighted by molar-refractivity contribution is 7.99. The molecule has 0 spiro atoms. The Labute approximate surface area is 229 Å². The summed E-state index contributed by atoms with van der Waals surface area (Å²) in [7, 11) is 1.88. The van der Waals surface area contributed by atoms with Crippen molar-refractivity contribution in [2.45, 2.75) is 12.4 Å². The minimum Gasteiger partial charge on any atom is -0.465 e. The number of carbonyl (C=O) groups is 2. The van der Waals surface area contributed by atoms with Crippen molar-refractivity contribution in [1.29, 1.82) is 0 Å². The molecule has 0 aromatic heterocycles. The highest BCUT2D eigenvalue weighted by Crippen LogP contribution is 2.41. The Morgan fingerprint density at radius 2 is 1.22 bits per heavy atom. The van der Waals surface area contributed by atoms with Gasteiger partial charge in [0, 0.05) is 36.7 Å². The summed E-state index contributed by atoms with van der Waals surface area (Å²) in [5.74, 6) is -2.84. The molecule has 41 heavy (non-hydrogen) atoms. The van der Waals surface area contributed by atoms with Crippen molar-refractivity contribution in [3.05, 3.63) is 72.6 Å². The average molecular weight is 617 g/mol. The Balaban J connectivity index is 0.000000296. The maximum absolute atomic E-state index is 13.3. The molecule has 0 aliphatic carbocycles. The minimum absolute atomic E-state index is 0.0401. The number of anilines is 1. The van der Waals surface area contributed by atoms with E-state index >= 15 is 0 Å². The molecule has 0 atom stereocenters. The molecule has 0 bridgehead atoms. The number of benzene rings is 2. The molecule has 0 N–H and O–H groups in total. The number of rotatable bonds is 5. The minimum atomic E-state index is -5.09. The molecule has 1 heterocycles. The van der Waals surface area contributed by atoms with Crippen molar-refractivity contribution in [3.63, 3.8) is 0 Å². The first kappa shape index (κ1) is 33.0. The molecule has 3 rings (SSSR count). The van der Waals surface area contributed by atoms with E-state index in [0.29, 0.717) is 30.7 Å². The van der Waals surface area contributed by atoms with Crippen LogP contribution >= 0.6 is 11.8 Å². The number of hydrogen-bond acceptors (Lipinski definition) is 10. The average Bonchev–Trinajstić information content (AvgIpc) is 2.90. The topological polar surface area (TPSA) is 142 Å². The van der Waals surface area contributed by atoms with Gasteiger partial charge in [0.1, 0.15) is 16.9 Å². The third-order valence-electron chi connectivity index (χ3n) is 5.37. The van der Waals surface area contributed by atoms with Gasteiger partial charge in [-0.1, -0.05) is 0 Å². The van der Waals surface area contributed by atoms with Crippen LogP contribution in [0.25, 0.3) is 0 Å². The molecule has 19 heteroatoms. The number of hydrogen-bond donors (Lipinski definition) is 0. The van der Waals surface area contributed by atoms with E-state index in [2.05, 4.69) is 9.47 Å². The van der Waals surface area contributed by atoms with Gasteiger partial charge in [-0.25, -0.2) is 14.0 Å². The van der Waals surface area contributed by atoms with Gasteiger partial charge in [-0.05, 0) is 12.1 Å². The summed E-state index contributed by atoms with van der Waals surface area (Å²) in [6.45, 7) is 0.734. The van der Waals surface area contributed by atoms with Crippen molar-refractivity contribution in [2.24, 2.45) is 0 Å². The van der Waals surface area contributed by atoms with Crippen molar-refractivity contribution >= 4 is 40.8 Å². The zero-order valence-electron chi connectivity index (χ0n) is 20.8. The number of carbonyl (C=O) groups excluding carboxylic acids is 2. The highest BCUT2D eigenvalue weighted by Gasteiger charge is 2.40. The van der Waals surface area contributed by atoms with Crippen molar-refractivity contribution in [1.82, 2.24) is 0 Å². The van der Waals surface area contributed by atoms with Gasteiger partial charge in [-0.2, -0.15) is 38.1 Å². The van der Waals surface area contributed by atoms with Gasteiger partial charge < -0.3 is 14.4 Å². The first-order valence-electron chi connectivity index (χ1n) is 10.9. The summed E-state index contributed by atoms with van der Waals surface area (Å²) < 4.78 is 98.6. The molecular weight excluding hydrogens is 599 g/mol. The van der Waals surface area contributed by atoms with Crippen LogP contribution in [-0.2, 0) is 21.8 Å². The van der Waals surface area contributed by atoms with Gasteiger partial charge in [0.2, 0.25) is 0 Å². The Kier molecular flexibility index (Phi) is 10.5. The predicted molar refractivity (Wildman–Crippen MR) is 128 cm³/mol. The Hall–Kier alpha value is -4.16. The van der Waals surface area contributed by atoms with E-state index in [9.17, 15) is 60.6 Å². The molecule has 1 aliphatic heterocycles. The van der Waals surface area contributed by atoms with Crippen LogP contribution in [0.15, 0.2) is 24.3 Å². The van der Waals surface area contributed by atoms with Gasteiger partial charge in [-0.3, -0.25) is 20.2 Å². The number of nitro groups is 2. The van der Waals surface area contributed by atoms with Crippen molar-refractivity contribution in [3.8, 4) is 0 Å². The number of nitrogens with zero attached hydrogens (tertiary/aromatic N) is 3. The van der Waals surface area contributed by atoms with E-state index in [1.165, 1.54) is 4.90 Å². The van der Waals surface area contributed by atoms with Crippen molar-refractivity contribution in [2.75, 3.05) is 43.7 Å². The molecule has 11 nitrogen and oxygen atoms in total. The largest absolute Gasteiger partial charge is 0.465 e. The second-order valence-electron chi connectivity index (χ2n) is 7.83. The molecule has 1 fully saturated rings. The standard InChI is InChI=1S/C13H13F3N2O4S.C9H5F4NO4/c1-22-12(19)8-6-11(17-2-4-23-5-3-17)9(13(14,15)16)7-10(8)18(20)21;1-18-8(15)4-2-6(10)5(9(11,12)13)3-7(4)14(16)17/h6-7H,2-5H2,1H3;2-3H,1H3. The van der Waals surface area contributed by atoms with Gasteiger partial charge in [0.25, 0.3) is 11.4 Å². The molecule has 2 aromatic rings. The molecule has 1 saturated heterocycles. The molecule has 0 unspecified atom stereocenters. The summed E-state index contributed by atoms with van der Waals surface area (Å²) in [4.78, 5) is 43.6. The second-order valence-corrected chi connectivity index (χ2v) is 9.05. The summed E-state index contributed by atoms with van der Waals surface area (Å²) in [5.41, 5.74) is -6.63. The third kappa shape index (κ3) is 7.95. The van der Waals surface area contributed by atoms with Crippen LogP contribution in [-0.4, -0.2) is 60.6 Å². The Morgan fingerprint density at radius 3 is 1.61 bits per heavy atom. The fourth-order valence-corrected chi connectivity index (χ4v) is 4.40. The van der Waals surface area contributed by atoms with E-state index in [0.717, 1.165) is 20.3 Å². The normalized spacial score (nSPS) is 13.5. The van der Waals surface area contributed by atoms with Crippen LogP contribution in [0.4, 0.5) is 47.8 Å². The number of esters is 2. The highest BCUT2D eigenvalue weighted by atomic mass is 32.2. The number of methoxy groups -OCH3 is 2. The van der Waals surface area contributed by atoms with E-state index in [-0.39, 0.29) is 17.8 Å². The molecule has 0 amide bonds. The lowest BCUT2D eigenvalue weighted by molar-refractivity contribution is -0.385. The maximum Gasteiger partial charge on any atom is 0.419 e. The van der Waals surface area contributed by atoms with Crippen LogP contribution in [0.3, 0.4) is 0 Å². The second kappa shape index (κ2) is 13.0. The first-order valence-corrected chi connectivity index (χ1v) is 12.0. The maximum atomic E-state index is 13.3. The van der Waals surface area contributed by atoms with Gasteiger partial charge >= 0.3 is 24.3 Å². The smallest absolute Gasteiger partial charge is 0.419 e. The lowest BCUT2D eigenvalue weighted by atomic mass is 10.0. The quantitative estimate of drug-likeness (QED) is 0.183. The van der Waals surface area contributed by atoms with Gasteiger partial charge in [0.15, 0.2) is 0 Å². The van der Waals surface area contributed by atoms with Crippen molar-refractivity contribution < 1.29 is 59.6 Å². The zero-order chi connectivity index (χ0) is 31.3. The fourth-order valence-electron chi connectivity index (χ4n) is 3.50. The Morgan fingerprint density at radius 1 is 0.805 bits per heavy atom. The molecule has 1 aliphatic rings. The van der Waals surface area contributed by atoms with Gasteiger partial charge in [0.05, 0.1) is 40.9 Å². The first-order chi connectivity index (χ1) is 18.9. The molecular formula is C22H18F7N3O8S. The summed E-state index contributed by atoms with van der Waals surface area (Å²) in [6, 6.07) is 1.40. The number of ether oxygens (including phenoxy) is 2. The zero-order valence-corrected chi connectivity index (χ0v) is 21.6. The summed E-state index contributed by atoms with van der Waals surface area (Å²) in [5, 5.41) is 21.6. The van der Waals surface area contributed by atoms with Gasteiger partial charge in [-0.15, -0.1) is 0 Å². The van der Waals surface area contributed by atoms with E-state index in [4.69, 9.17) is 0 Å². The van der Waals surface area contributed by atoms with E-state index < -0.39 is 73.6 Å². The predicted octanol–water partition coefficient (Wildman–Crippen LogP) is 5.49. The van der Waals surface area contributed by atoms with E-state index in [1.54, 1.807) is 11.8 Å². The molecule has 224 valence electrons. The molecule has 2 aromatic carbocycles. The molecule has 0 saturated carbocycles. The van der Waals surface area contributed by atoms with Crippen LogP contribution in [0.1, 0.15) is 31.8 Å². The molecule has 0 radical (unpaired) electrons. The summed E-state index contributed by atoms with van der Waals surface area (Å²) in [6.07, 6.45) is -9.86. The lowest BCUT2D eigenvalue weighted by Crippen LogP contribution is -2.34. The SMILES string of the molecule is COC(=O)c1cc(F)c(C(F)(F)F)cc1[N+](=O)[O-].COC(=O)c1cc(N2CCSCC2)c(C(F)(F)F)cc1[N+](=O)[O-]. The lowest BCUT2D eigenvalue weighted by Gasteiger charge is -2.31. The van der Waals surface area contributed by atoms with E-state index in [1.807, 2.05) is 0 Å². The van der Waals surface area contributed by atoms with Crippen LogP contribution in [0.5, 0.6) is 0 Å². The Bertz CT molecular complexity index is 1350. The number of nitro benzene ring substituents is 2. The monoisotopic (exact) mass is 617 g/mol. The van der Waals surface area contributed by atoms with Crippen LogP contribution in [0, 0.1) is 26.0 Å². The van der Waals surface area contributed by atoms with Crippen LogP contribution in [0.2, 0.25) is 0 Å².